The van der Waals surface area contributed by atoms with E-state index in [1.54, 1.807) is 6.07 Å². The fraction of sp³-hybridized carbons (Fsp3) is 0.143. The van der Waals surface area contributed by atoms with Crippen molar-refractivity contribution in [1.82, 2.24) is 0 Å². The van der Waals surface area contributed by atoms with Gasteiger partial charge >= 0.3 is 1.43 Å². The standard InChI is InChI=1S/C7H7N3/c1-6-3-2-4-7(5-6)9-10-8/h2-5H,1H3/p+1. The third-order valence-corrected chi connectivity index (χ3v) is 1.16. The zero-order valence-electron chi connectivity index (χ0n) is 6.65. The molecule has 0 aliphatic heterocycles. The molecule has 1 aromatic rings. The van der Waals surface area contributed by atoms with Crippen molar-refractivity contribution in [3.63, 3.8) is 0 Å². The highest BCUT2D eigenvalue weighted by Crippen LogP contribution is 2.12. The van der Waals surface area contributed by atoms with Gasteiger partial charge in [0.25, 0.3) is 0 Å². The van der Waals surface area contributed by atoms with Crippen molar-refractivity contribution >= 4 is 5.69 Å². The minimum absolute atomic E-state index is 0. The van der Waals surface area contributed by atoms with E-state index in [2.05, 4.69) is 10.0 Å². The normalized spacial score (nSPS) is 8.50. The molecule has 3 heteroatoms. The number of aryl methyl sites for hydroxylation is 1. The molecule has 0 aromatic heterocycles. The number of hydrogen-bond acceptors (Lipinski definition) is 1. The fourth-order valence-corrected chi connectivity index (χ4v) is 0.742. The lowest BCUT2D eigenvalue weighted by atomic mass is 10.2. The first-order valence-electron chi connectivity index (χ1n) is 2.94. The Hall–Kier alpha value is -1.47. The highest BCUT2D eigenvalue weighted by atomic mass is 15.1. The molecule has 0 saturated heterocycles. The summed E-state index contributed by atoms with van der Waals surface area (Å²) in [5.41, 5.74) is 9.84. The van der Waals surface area contributed by atoms with E-state index in [9.17, 15) is 0 Å². The summed E-state index contributed by atoms with van der Waals surface area (Å²) in [5, 5.41) is 3.45. The van der Waals surface area contributed by atoms with Gasteiger partial charge < -0.3 is 0 Å². The zero-order chi connectivity index (χ0) is 7.40. The van der Waals surface area contributed by atoms with Gasteiger partial charge in [-0.15, -0.1) is 0 Å². The third-order valence-electron chi connectivity index (χ3n) is 1.16. The molecule has 0 bridgehead atoms. The number of hydrogen-bond donors (Lipinski definition) is 0. The highest BCUT2D eigenvalue weighted by molar-refractivity contribution is 5.39. The van der Waals surface area contributed by atoms with E-state index in [0.717, 1.165) is 5.56 Å². The molecule has 0 spiro atoms. The Balaban J connectivity index is 0.000001000. The molecular weight excluding hydrogens is 126 g/mol. The molecule has 0 heterocycles. The Bertz CT molecular complexity index is 279. The van der Waals surface area contributed by atoms with E-state index in [-0.39, 0.29) is 1.43 Å². The largest absolute Gasteiger partial charge is 1.00 e. The molecule has 0 aliphatic carbocycles. The third kappa shape index (κ3) is 1.50. The summed E-state index contributed by atoms with van der Waals surface area (Å²) in [7, 11) is 0. The summed E-state index contributed by atoms with van der Waals surface area (Å²) in [6.07, 6.45) is 0. The minimum atomic E-state index is 0. The van der Waals surface area contributed by atoms with Gasteiger partial charge in [0.2, 0.25) is 0 Å². The number of rotatable bonds is 1. The average molecular weight is 134 g/mol. The SMILES string of the molecule is Cc1cccc(N=[N+]=[N-])c1.[H+]. The zero-order valence-corrected chi connectivity index (χ0v) is 5.65. The summed E-state index contributed by atoms with van der Waals surface area (Å²) in [6, 6.07) is 7.42. The predicted octanol–water partition coefficient (Wildman–Crippen LogP) is 3.05. The molecule has 50 valence electrons. The number of benzene rings is 1. The van der Waals surface area contributed by atoms with E-state index in [1.807, 2.05) is 25.1 Å². The van der Waals surface area contributed by atoms with Gasteiger partial charge in [-0.3, -0.25) is 0 Å². The lowest BCUT2D eigenvalue weighted by Gasteiger charge is -1.91. The highest BCUT2D eigenvalue weighted by Gasteiger charge is 1.85. The van der Waals surface area contributed by atoms with Gasteiger partial charge in [-0.1, -0.05) is 28.9 Å². The molecule has 0 saturated carbocycles. The molecule has 0 N–H and O–H groups in total. The Labute approximate surface area is 60.4 Å². The first-order chi connectivity index (χ1) is 4.83. The molecule has 1 rings (SSSR count). The molecule has 3 nitrogen and oxygen atoms in total. The monoisotopic (exact) mass is 134 g/mol. The fourth-order valence-electron chi connectivity index (χ4n) is 0.742. The molecule has 1 aromatic carbocycles. The molecule has 0 atom stereocenters. The molecule has 0 fully saturated rings. The van der Waals surface area contributed by atoms with Gasteiger partial charge in [-0.2, -0.15) is 0 Å². The Morgan fingerprint density at radius 2 is 2.40 bits per heavy atom. The summed E-state index contributed by atoms with van der Waals surface area (Å²) in [4.78, 5) is 2.67. The Morgan fingerprint density at radius 1 is 1.60 bits per heavy atom. The molecule has 10 heavy (non-hydrogen) atoms. The molecular formula is C7H8N3+. The van der Waals surface area contributed by atoms with E-state index in [0.29, 0.717) is 5.69 Å². The van der Waals surface area contributed by atoms with Crippen LogP contribution in [0.1, 0.15) is 6.99 Å². The van der Waals surface area contributed by atoms with Crippen LogP contribution in [0.2, 0.25) is 0 Å². The Kier molecular flexibility index (Phi) is 1.92. The van der Waals surface area contributed by atoms with Crippen molar-refractivity contribution in [2.24, 2.45) is 5.11 Å². The molecule has 0 amide bonds. The Morgan fingerprint density at radius 3 is 3.00 bits per heavy atom. The second kappa shape index (κ2) is 2.90. The van der Waals surface area contributed by atoms with Crippen LogP contribution in [-0.4, -0.2) is 0 Å². The van der Waals surface area contributed by atoms with Crippen molar-refractivity contribution in [3.05, 3.63) is 40.3 Å². The van der Waals surface area contributed by atoms with Crippen molar-refractivity contribution in [2.45, 2.75) is 6.92 Å². The first-order valence-corrected chi connectivity index (χ1v) is 2.94. The maximum atomic E-state index is 8.07. The van der Waals surface area contributed by atoms with Crippen molar-refractivity contribution < 1.29 is 1.43 Å². The van der Waals surface area contributed by atoms with E-state index < -0.39 is 0 Å². The van der Waals surface area contributed by atoms with E-state index in [4.69, 9.17) is 5.53 Å². The molecule has 0 unspecified atom stereocenters. The second-order valence-electron chi connectivity index (χ2n) is 2.03. The van der Waals surface area contributed by atoms with Gasteiger partial charge in [0, 0.05) is 10.6 Å². The number of azide groups is 1. The lowest BCUT2D eigenvalue weighted by molar-refractivity contribution is 1.41. The van der Waals surface area contributed by atoms with Crippen molar-refractivity contribution in [1.29, 1.82) is 0 Å². The summed E-state index contributed by atoms with van der Waals surface area (Å²) >= 11 is 0. The van der Waals surface area contributed by atoms with Crippen LogP contribution >= 0.6 is 0 Å². The topological polar surface area (TPSA) is 48.8 Å². The van der Waals surface area contributed by atoms with Crippen LogP contribution in [0.3, 0.4) is 0 Å². The van der Waals surface area contributed by atoms with Crippen LogP contribution in [0, 0.1) is 6.92 Å². The summed E-state index contributed by atoms with van der Waals surface area (Å²) < 4.78 is 0. The van der Waals surface area contributed by atoms with Crippen LogP contribution in [0.5, 0.6) is 0 Å². The number of nitrogens with zero attached hydrogens (tertiary/aromatic N) is 3. The van der Waals surface area contributed by atoms with Crippen LogP contribution in [0.4, 0.5) is 5.69 Å². The van der Waals surface area contributed by atoms with E-state index >= 15 is 0 Å². The molecule has 0 aliphatic rings. The van der Waals surface area contributed by atoms with Gasteiger partial charge in [0.05, 0.1) is 0 Å². The molecule has 0 radical (unpaired) electrons. The average Bonchev–Trinajstić information content (AvgIpc) is 1.88. The van der Waals surface area contributed by atoms with Crippen LogP contribution < -0.4 is 0 Å². The van der Waals surface area contributed by atoms with Crippen LogP contribution in [0.15, 0.2) is 29.4 Å². The summed E-state index contributed by atoms with van der Waals surface area (Å²) in [6.45, 7) is 1.95. The van der Waals surface area contributed by atoms with Gasteiger partial charge in [-0.25, -0.2) is 0 Å². The van der Waals surface area contributed by atoms with Gasteiger partial charge in [0.15, 0.2) is 0 Å². The predicted molar refractivity (Wildman–Crippen MR) is 41.1 cm³/mol. The lowest BCUT2D eigenvalue weighted by Crippen LogP contribution is -1.66. The second-order valence-corrected chi connectivity index (χ2v) is 2.03. The maximum Gasteiger partial charge on any atom is 1.00 e. The quantitative estimate of drug-likeness (QED) is 0.322. The van der Waals surface area contributed by atoms with Crippen LogP contribution in [-0.2, 0) is 0 Å². The van der Waals surface area contributed by atoms with Crippen LogP contribution in [0.25, 0.3) is 10.4 Å². The minimum Gasteiger partial charge on any atom is -0.0615 e. The van der Waals surface area contributed by atoms with Gasteiger partial charge in [-0.05, 0) is 18.5 Å². The van der Waals surface area contributed by atoms with Crippen molar-refractivity contribution in [2.75, 3.05) is 0 Å². The smallest absolute Gasteiger partial charge is 0.0615 e. The van der Waals surface area contributed by atoms with Crippen molar-refractivity contribution in [3.8, 4) is 0 Å². The maximum absolute atomic E-state index is 8.07. The summed E-state index contributed by atoms with van der Waals surface area (Å²) in [5.74, 6) is 0. The first kappa shape index (κ1) is 6.65. The van der Waals surface area contributed by atoms with Gasteiger partial charge in [0.1, 0.15) is 0 Å². The van der Waals surface area contributed by atoms with E-state index in [1.165, 1.54) is 0 Å².